The number of halogens is 2. The van der Waals surface area contributed by atoms with Crippen LogP contribution in [0.2, 0.25) is 10.0 Å². The van der Waals surface area contributed by atoms with Crippen LogP contribution in [-0.2, 0) is 11.3 Å². The molecule has 0 aliphatic heterocycles. The van der Waals surface area contributed by atoms with E-state index in [2.05, 4.69) is 38.4 Å². The first-order valence-corrected chi connectivity index (χ1v) is 9.42. The normalized spacial score (nSPS) is 11.2. The minimum atomic E-state index is -0.509. The van der Waals surface area contributed by atoms with Gasteiger partial charge in [-0.15, -0.1) is 11.3 Å². The second-order valence-corrected chi connectivity index (χ2v) is 7.84. The van der Waals surface area contributed by atoms with Crippen molar-refractivity contribution in [1.29, 1.82) is 0 Å². The molecule has 0 fully saturated rings. The molecule has 0 bridgehead atoms. The largest absolute Gasteiger partial charge is 0.444 e. The first-order chi connectivity index (χ1) is 11.3. The van der Waals surface area contributed by atoms with Gasteiger partial charge in [0, 0.05) is 15.6 Å². The molecule has 1 heterocycles. The number of hydrogen-bond donors (Lipinski definition) is 1. The zero-order chi connectivity index (χ0) is 17.9. The summed E-state index contributed by atoms with van der Waals surface area (Å²) in [7, 11) is 0. The molecular formula is C18H21Cl2NO2S. The molecule has 0 atom stereocenters. The Balaban J connectivity index is 2.08. The quantitative estimate of drug-likeness (QED) is 0.598. The fourth-order valence-corrected chi connectivity index (χ4v) is 4.23. The molecule has 0 saturated carbocycles. The standard InChI is InChI=1S/C18H21Cl2NO2S/c1-10(2)13-9-24-17(16(13)11(3)4)21-18(22)23-8-12-14(19)6-5-7-15(12)20/h5-7,9-11H,8H2,1-4H3,(H,21,22). The maximum absolute atomic E-state index is 12.1. The minimum Gasteiger partial charge on any atom is -0.444 e. The highest BCUT2D eigenvalue weighted by Crippen LogP contribution is 2.38. The van der Waals surface area contributed by atoms with E-state index in [4.69, 9.17) is 27.9 Å². The van der Waals surface area contributed by atoms with Crippen LogP contribution in [0.3, 0.4) is 0 Å². The molecule has 0 unspecified atom stereocenters. The van der Waals surface area contributed by atoms with Crippen LogP contribution in [0.5, 0.6) is 0 Å². The number of rotatable bonds is 5. The van der Waals surface area contributed by atoms with Gasteiger partial charge in [0.15, 0.2) is 0 Å². The lowest BCUT2D eigenvalue weighted by molar-refractivity contribution is 0.155. The second kappa shape index (κ2) is 8.24. The summed E-state index contributed by atoms with van der Waals surface area (Å²) in [6, 6.07) is 5.19. The van der Waals surface area contributed by atoms with Crippen LogP contribution < -0.4 is 5.32 Å². The third-order valence-electron chi connectivity index (χ3n) is 3.68. The molecule has 2 aromatic rings. The van der Waals surface area contributed by atoms with Gasteiger partial charge in [-0.05, 0) is 40.5 Å². The highest BCUT2D eigenvalue weighted by Gasteiger charge is 2.19. The Labute approximate surface area is 156 Å². The lowest BCUT2D eigenvalue weighted by Crippen LogP contribution is -2.14. The maximum Gasteiger partial charge on any atom is 0.412 e. The van der Waals surface area contributed by atoms with E-state index in [1.54, 1.807) is 18.2 Å². The molecule has 3 nitrogen and oxygen atoms in total. The molecule has 130 valence electrons. The number of carbonyl (C=O) groups excluding carboxylic acids is 1. The zero-order valence-electron chi connectivity index (χ0n) is 14.2. The highest BCUT2D eigenvalue weighted by atomic mass is 35.5. The highest BCUT2D eigenvalue weighted by molar-refractivity contribution is 7.14. The van der Waals surface area contributed by atoms with Crippen molar-refractivity contribution >= 4 is 45.6 Å². The fourth-order valence-electron chi connectivity index (χ4n) is 2.46. The first-order valence-electron chi connectivity index (χ1n) is 7.79. The Morgan fingerprint density at radius 3 is 2.33 bits per heavy atom. The average Bonchev–Trinajstić information content (AvgIpc) is 2.90. The van der Waals surface area contributed by atoms with Crippen molar-refractivity contribution in [1.82, 2.24) is 0 Å². The molecule has 6 heteroatoms. The summed E-state index contributed by atoms with van der Waals surface area (Å²) in [6.07, 6.45) is -0.509. The molecule has 1 amide bonds. The number of carbonyl (C=O) groups is 1. The predicted molar refractivity (Wildman–Crippen MR) is 103 cm³/mol. The van der Waals surface area contributed by atoms with Gasteiger partial charge in [-0.1, -0.05) is 57.0 Å². The summed E-state index contributed by atoms with van der Waals surface area (Å²) in [6.45, 7) is 8.57. The number of hydrogen-bond acceptors (Lipinski definition) is 3. The molecule has 0 aliphatic carbocycles. The van der Waals surface area contributed by atoms with Crippen LogP contribution in [0.25, 0.3) is 0 Å². The molecule has 0 aliphatic rings. The molecule has 0 spiro atoms. The summed E-state index contributed by atoms with van der Waals surface area (Å²) in [5, 5.41) is 6.75. The minimum absolute atomic E-state index is 0.0315. The van der Waals surface area contributed by atoms with Crippen LogP contribution in [0.4, 0.5) is 9.80 Å². The third kappa shape index (κ3) is 4.44. The van der Waals surface area contributed by atoms with E-state index >= 15 is 0 Å². The summed E-state index contributed by atoms with van der Waals surface area (Å²) < 4.78 is 5.29. The Morgan fingerprint density at radius 2 is 1.79 bits per heavy atom. The number of nitrogens with one attached hydrogen (secondary N) is 1. The van der Waals surface area contributed by atoms with Gasteiger partial charge in [0.05, 0.1) is 0 Å². The number of amides is 1. The molecule has 24 heavy (non-hydrogen) atoms. The van der Waals surface area contributed by atoms with Gasteiger partial charge in [-0.2, -0.15) is 0 Å². The van der Waals surface area contributed by atoms with Crippen LogP contribution in [-0.4, -0.2) is 6.09 Å². The summed E-state index contributed by atoms with van der Waals surface area (Å²) in [4.78, 5) is 12.1. The Bertz CT molecular complexity index is 706. The van der Waals surface area contributed by atoms with Crippen molar-refractivity contribution in [3.05, 3.63) is 50.3 Å². The molecule has 2 rings (SSSR count). The van der Waals surface area contributed by atoms with E-state index in [1.165, 1.54) is 22.5 Å². The summed E-state index contributed by atoms with van der Waals surface area (Å²) >= 11 is 13.7. The Hall–Kier alpha value is -1.23. The van der Waals surface area contributed by atoms with Crippen molar-refractivity contribution in [3.63, 3.8) is 0 Å². The van der Waals surface area contributed by atoms with Gasteiger partial charge >= 0.3 is 6.09 Å². The van der Waals surface area contributed by atoms with Gasteiger partial charge in [0.25, 0.3) is 0 Å². The second-order valence-electron chi connectivity index (χ2n) is 6.14. The lowest BCUT2D eigenvalue weighted by atomic mass is 9.94. The van der Waals surface area contributed by atoms with Crippen molar-refractivity contribution in [2.24, 2.45) is 0 Å². The molecule has 1 aromatic heterocycles. The van der Waals surface area contributed by atoms with Crippen molar-refractivity contribution in [2.75, 3.05) is 5.32 Å². The van der Waals surface area contributed by atoms with E-state index in [-0.39, 0.29) is 6.61 Å². The fraction of sp³-hybridized carbons (Fsp3) is 0.389. The van der Waals surface area contributed by atoms with E-state index < -0.39 is 6.09 Å². The van der Waals surface area contributed by atoms with Crippen LogP contribution in [0.1, 0.15) is 56.2 Å². The number of ether oxygens (including phenoxy) is 1. The van der Waals surface area contributed by atoms with Crippen molar-refractivity contribution in [2.45, 2.75) is 46.1 Å². The average molecular weight is 386 g/mol. The van der Waals surface area contributed by atoms with E-state index in [0.717, 1.165) is 5.00 Å². The van der Waals surface area contributed by atoms with Crippen LogP contribution in [0, 0.1) is 0 Å². The molecular weight excluding hydrogens is 365 g/mol. The molecule has 0 saturated heterocycles. The Kier molecular flexibility index (Phi) is 6.55. The van der Waals surface area contributed by atoms with Gasteiger partial charge in [-0.25, -0.2) is 4.79 Å². The number of benzene rings is 1. The molecule has 1 N–H and O–H groups in total. The van der Waals surface area contributed by atoms with Gasteiger partial charge in [0.1, 0.15) is 11.6 Å². The van der Waals surface area contributed by atoms with Crippen molar-refractivity contribution in [3.8, 4) is 0 Å². The smallest absolute Gasteiger partial charge is 0.412 e. The van der Waals surface area contributed by atoms with Crippen molar-refractivity contribution < 1.29 is 9.53 Å². The predicted octanol–water partition coefficient (Wildman–Crippen LogP) is 7.05. The van der Waals surface area contributed by atoms with Gasteiger partial charge in [0.2, 0.25) is 0 Å². The monoisotopic (exact) mass is 385 g/mol. The molecule has 1 aromatic carbocycles. The third-order valence-corrected chi connectivity index (χ3v) is 5.32. The Morgan fingerprint density at radius 1 is 1.17 bits per heavy atom. The molecule has 0 radical (unpaired) electrons. The summed E-state index contributed by atoms with van der Waals surface area (Å²) in [5.74, 6) is 0.731. The van der Waals surface area contributed by atoms with Crippen LogP contribution in [0.15, 0.2) is 23.6 Å². The van der Waals surface area contributed by atoms with E-state index in [9.17, 15) is 4.79 Å². The number of anilines is 1. The number of thiophene rings is 1. The van der Waals surface area contributed by atoms with E-state index in [0.29, 0.717) is 27.4 Å². The van der Waals surface area contributed by atoms with Gasteiger partial charge < -0.3 is 4.74 Å². The van der Waals surface area contributed by atoms with Crippen LogP contribution >= 0.6 is 34.5 Å². The lowest BCUT2D eigenvalue weighted by Gasteiger charge is -2.14. The maximum atomic E-state index is 12.1. The topological polar surface area (TPSA) is 38.3 Å². The first kappa shape index (κ1) is 19.1. The van der Waals surface area contributed by atoms with Gasteiger partial charge in [-0.3, -0.25) is 5.32 Å². The SMILES string of the molecule is CC(C)c1csc(NC(=O)OCc2c(Cl)cccc2Cl)c1C(C)C. The van der Waals surface area contributed by atoms with E-state index in [1.807, 2.05) is 0 Å². The zero-order valence-corrected chi connectivity index (χ0v) is 16.5. The summed E-state index contributed by atoms with van der Waals surface area (Å²) in [5.41, 5.74) is 3.04.